The largest absolute Gasteiger partial charge is 0.465 e. The number of allylic oxidation sites excluding steroid dienone is 2. The smallest absolute Gasteiger partial charge is 0.341 e. The summed E-state index contributed by atoms with van der Waals surface area (Å²) >= 11 is 7.10. The van der Waals surface area contributed by atoms with Gasteiger partial charge in [0.05, 0.1) is 35.7 Å². The maximum atomic E-state index is 12.9. The van der Waals surface area contributed by atoms with E-state index in [1.807, 2.05) is 6.07 Å². The van der Waals surface area contributed by atoms with Crippen LogP contribution in [0.1, 0.15) is 51.6 Å². The van der Waals surface area contributed by atoms with Gasteiger partial charge in [0.25, 0.3) is 5.91 Å². The molecule has 0 saturated heterocycles. The number of halogens is 1. The van der Waals surface area contributed by atoms with Crippen LogP contribution in [-0.2, 0) is 14.6 Å². The lowest BCUT2D eigenvalue weighted by Crippen LogP contribution is -2.19. The maximum absolute atomic E-state index is 12.9. The Morgan fingerprint density at radius 3 is 2.68 bits per heavy atom. The molecular weight excluding hydrogens is 464 g/mol. The Morgan fingerprint density at radius 1 is 1.42 bits per heavy atom. The van der Waals surface area contributed by atoms with E-state index in [-0.39, 0.29) is 27.0 Å². The zero-order valence-corrected chi connectivity index (χ0v) is 19.5. The molecule has 0 radical (unpaired) electrons. The molecule has 0 spiro atoms. The molecule has 2 aromatic heterocycles. The highest BCUT2D eigenvalue weighted by molar-refractivity contribution is 7.91. The standard InChI is InChI=1S/C19H19ClN4O5S2/c1-5-8-31(27,28)19-22-9-12(20)14(23-19)16(25)24-17-13(18(26)29-4)11(3)15(30-17)10(2)6-7-21/h6,9H,5,8H2,1-4H3,(H,24,25)/b10-6-. The predicted octanol–water partition coefficient (Wildman–Crippen LogP) is 3.65. The number of hydrogen-bond donors (Lipinski definition) is 1. The third kappa shape index (κ3) is 5.28. The molecule has 2 rings (SSSR count). The molecular formula is C19H19ClN4O5S2. The molecule has 164 valence electrons. The van der Waals surface area contributed by atoms with Crippen molar-refractivity contribution in [1.82, 2.24) is 9.97 Å². The molecule has 0 saturated carbocycles. The third-order valence-corrected chi connectivity index (χ3v) is 7.41. The molecule has 0 aliphatic carbocycles. The number of amides is 1. The van der Waals surface area contributed by atoms with E-state index in [0.717, 1.165) is 17.5 Å². The quantitative estimate of drug-likeness (QED) is 0.358. The first kappa shape index (κ1) is 24.5. The van der Waals surface area contributed by atoms with E-state index in [1.165, 1.54) is 13.2 Å². The van der Waals surface area contributed by atoms with Crippen molar-refractivity contribution in [3.05, 3.63) is 39.0 Å². The second kappa shape index (κ2) is 10.00. The number of methoxy groups -OCH3 is 1. The van der Waals surface area contributed by atoms with Gasteiger partial charge in [-0.25, -0.2) is 23.2 Å². The van der Waals surface area contributed by atoms with Gasteiger partial charge in [0.15, 0.2) is 5.69 Å². The molecule has 1 amide bonds. The Balaban J connectivity index is 2.53. The number of nitrogens with one attached hydrogen (secondary N) is 1. The highest BCUT2D eigenvalue weighted by Crippen LogP contribution is 2.38. The van der Waals surface area contributed by atoms with Crippen LogP contribution in [0.25, 0.3) is 5.57 Å². The van der Waals surface area contributed by atoms with Crippen LogP contribution in [0, 0.1) is 18.3 Å². The minimum atomic E-state index is -3.77. The molecule has 2 aromatic rings. The molecule has 12 heteroatoms. The summed E-state index contributed by atoms with van der Waals surface area (Å²) in [6.07, 6.45) is 2.71. The van der Waals surface area contributed by atoms with Crippen molar-refractivity contribution in [2.24, 2.45) is 0 Å². The van der Waals surface area contributed by atoms with Crippen LogP contribution >= 0.6 is 22.9 Å². The summed E-state index contributed by atoms with van der Waals surface area (Å²) in [6, 6.07) is 1.92. The fourth-order valence-corrected chi connectivity index (χ4v) is 5.17. The van der Waals surface area contributed by atoms with Gasteiger partial charge in [0, 0.05) is 11.0 Å². The number of esters is 1. The average Bonchev–Trinajstić information content (AvgIpc) is 3.03. The molecule has 31 heavy (non-hydrogen) atoms. The zero-order valence-electron chi connectivity index (χ0n) is 17.1. The topological polar surface area (TPSA) is 139 Å². The second-order valence-electron chi connectivity index (χ2n) is 6.33. The van der Waals surface area contributed by atoms with Gasteiger partial charge in [0.1, 0.15) is 5.00 Å². The number of ether oxygens (including phenoxy) is 1. The Labute approximate surface area is 188 Å². The lowest BCUT2D eigenvalue weighted by Gasteiger charge is -2.08. The predicted molar refractivity (Wildman–Crippen MR) is 117 cm³/mol. The second-order valence-corrected chi connectivity index (χ2v) is 9.76. The van der Waals surface area contributed by atoms with Gasteiger partial charge in [0.2, 0.25) is 15.0 Å². The van der Waals surface area contributed by atoms with Gasteiger partial charge < -0.3 is 10.1 Å². The van der Waals surface area contributed by atoms with Crippen LogP contribution in [0.5, 0.6) is 0 Å². The number of hydrogen-bond acceptors (Lipinski definition) is 9. The van der Waals surface area contributed by atoms with E-state index in [1.54, 1.807) is 20.8 Å². The van der Waals surface area contributed by atoms with Crippen LogP contribution < -0.4 is 5.32 Å². The first-order valence-corrected chi connectivity index (χ1v) is 11.8. The molecule has 0 bridgehead atoms. The van der Waals surface area contributed by atoms with Gasteiger partial charge in [-0.15, -0.1) is 11.3 Å². The molecule has 2 heterocycles. The summed E-state index contributed by atoms with van der Waals surface area (Å²) in [5.74, 6) is -1.68. The van der Waals surface area contributed by atoms with Crippen molar-refractivity contribution in [3.63, 3.8) is 0 Å². The van der Waals surface area contributed by atoms with Gasteiger partial charge in [-0.3, -0.25) is 4.79 Å². The maximum Gasteiger partial charge on any atom is 0.341 e. The zero-order chi connectivity index (χ0) is 23.3. The van der Waals surface area contributed by atoms with Crippen molar-refractivity contribution in [3.8, 4) is 6.07 Å². The van der Waals surface area contributed by atoms with Crippen LogP contribution in [0.2, 0.25) is 5.02 Å². The number of thiophene rings is 1. The first-order valence-electron chi connectivity index (χ1n) is 8.92. The van der Waals surface area contributed by atoms with Crippen LogP contribution in [0.3, 0.4) is 0 Å². The Hall–Kier alpha value is -2.81. The molecule has 0 unspecified atom stereocenters. The SMILES string of the molecule is CCCS(=O)(=O)c1ncc(Cl)c(C(=O)Nc2sc(/C(C)=C\C#N)c(C)c2C(=O)OC)n1. The van der Waals surface area contributed by atoms with E-state index in [0.29, 0.717) is 22.4 Å². The van der Waals surface area contributed by atoms with Crippen LogP contribution in [-0.4, -0.2) is 43.1 Å². The van der Waals surface area contributed by atoms with Crippen LogP contribution in [0.15, 0.2) is 17.4 Å². The third-order valence-electron chi connectivity index (χ3n) is 4.09. The summed E-state index contributed by atoms with van der Waals surface area (Å²) in [4.78, 5) is 33.3. The van der Waals surface area contributed by atoms with Gasteiger partial charge in [-0.05, 0) is 31.4 Å². The van der Waals surface area contributed by atoms with Crippen molar-refractivity contribution in [2.45, 2.75) is 32.3 Å². The fourth-order valence-electron chi connectivity index (χ4n) is 2.67. The Kier molecular flexibility index (Phi) is 7.89. The summed E-state index contributed by atoms with van der Waals surface area (Å²) in [5, 5.41) is 11.0. The van der Waals surface area contributed by atoms with E-state index in [2.05, 4.69) is 15.3 Å². The molecule has 0 aromatic carbocycles. The number of nitriles is 1. The fraction of sp³-hybridized carbons (Fsp3) is 0.316. The van der Waals surface area contributed by atoms with E-state index >= 15 is 0 Å². The van der Waals surface area contributed by atoms with E-state index < -0.39 is 26.9 Å². The van der Waals surface area contributed by atoms with Crippen molar-refractivity contribution in [2.75, 3.05) is 18.2 Å². The van der Waals surface area contributed by atoms with Gasteiger partial charge in [-0.1, -0.05) is 18.5 Å². The highest BCUT2D eigenvalue weighted by atomic mass is 35.5. The minimum Gasteiger partial charge on any atom is -0.465 e. The molecule has 0 aliphatic heterocycles. The number of rotatable bonds is 7. The molecule has 0 aliphatic rings. The number of carbonyl (C=O) groups is 2. The van der Waals surface area contributed by atoms with Crippen molar-refractivity contribution in [1.29, 1.82) is 5.26 Å². The molecule has 1 N–H and O–H groups in total. The monoisotopic (exact) mass is 482 g/mol. The number of sulfone groups is 1. The van der Waals surface area contributed by atoms with Crippen molar-refractivity contribution >= 4 is 55.2 Å². The summed E-state index contributed by atoms with van der Waals surface area (Å²) < 4.78 is 29.3. The number of aromatic nitrogens is 2. The van der Waals surface area contributed by atoms with Crippen molar-refractivity contribution < 1.29 is 22.7 Å². The Bertz CT molecular complexity index is 1210. The van der Waals surface area contributed by atoms with Gasteiger partial charge >= 0.3 is 5.97 Å². The van der Waals surface area contributed by atoms with E-state index in [9.17, 15) is 18.0 Å². The lowest BCUT2D eigenvalue weighted by atomic mass is 10.1. The van der Waals surface area contributed by atoms with E-state index in [4.69, 9.17) is 21.6 Å². The average molecular weight is 483 g/mol. The minimum absolute atomic E-state index is 0.116. The van der Waals surface area contributed by atoms with Gasteiger partial charge in [-0.2, -0.15) is 5.26 Å². The molecule has 9 nitrogen and oxygen atoms in total. The lowest BCUT2D eigenvalue weighted by molar-refractivity contribution is 0.0601. The number of nitrogens with zero attached hydrogens (tertiary/aromatic N) is 3. The summed E-state index contributed by atoms with van der Waals surface area (Å²) in [7, 11) is -2.57. The normalized spacial score (nSPS) is 11.7. The first-order chi connectivity index (χ1) is 14.6. The summed E-state index contributed by atoms with van der Waals surface area (Å²) in [6.45, 7) is 5.05. The van der Waals surface area contributed by atoms with Crippen LogP contribution in [0.4, 0.5) is 5.00 Å². The molecule has 0 atom stereocenters. The summed E-state index contributed by atoms with van der Waals surface area (Å²) in [5.41, 5.74) is 0.893. The number of carbonyl (C=O) groups excluding carboxylic acids is 2. The Morgan fingerprint density at radius 2 is 2.10 bits per heavy atom. The molecule has 0 fully saturated rings. The number of anilines is 1. The highest BCUT2D eigenvalue weighted by Gasteiger charge is 2.26.